The van der Waals surface area contributed by atoms with Gasteiger partial charge < -0.3 is 10.0 Å². The van der Waals surface area contributed by atoms with Crippen molar-refractivity contribution in [2.75, 3.05) is 18.0 Å². The van der Waals surface area contributed by atoms with E-state index < -0.39 is 6.10 Å². The SMILES string of the molecule is CCCN(CCC)c1ccc(C(O)c2ccccc2)cn1. The highest BCUT2D eigenvalue weighted by atomic mass is 16.3. The Morgan fingerprint density at radius 1 is 0.952 bits per heavy atom. The summed E-state index contributed by atoms with van der Waals surface area (Å²) in [5, 5.41) is 10.4. The van der Waals surface area contributed by atoms with Crippen molar-refractivity contribution in [2.45, 2.75) is 32.8 Å². The molecule has 1 aromatic carbocycles. The number of hydrogen-bond donors (Lipinski definition) is 1. The molecule has 3 heteroatoms. The minimum Gasteiger partial charge on any atom is -0.384 e. The van der Waals surface area contributed by atoms with Crippen molar-refractivity contribution in [1.29, 1.82) is 0 Å². The van der Waals surface area contributed by atoms with E-state index in [0.717, 1.165) is 42.9 Å². The van der Waals surface area contributed by atoms with Gasteiger partial charge in [-0.1, -0.05) is 50.2 Å². The van der Waals surface area contributed by atoms with E-state index in [1.165, 1.54) is 0 Å². The molecule has 0 fully saturated rings. The Morgan fingerprint density at radius 2 is 1.62 bits per heavy atom. The van der Waals surface area contributed by atoms with E-state index in [0.29, 0.717) is 0 Å². The van der Waals surface area contributed by atoms with Gasteiger partial charge in [-0.15, -0.1) is 0 Å². The molecule has 0 radical (unpaired) electrons. The van der Waals surface area contributed by atoms with Gasteiger partial charge in [0.2, 0.25) is 0 Å². The summed E-state index contributed by atoms with van der Waals surface area (Å²) in [5.74, 6) is 0.989. The number of benzene rings is 1. The molecule has 112 valence electrons. The molecule has 0 amide bonds. The number of hydrogen-bond acceptors (Lipinski definition) is 3. The third-order valence-corrected chi connectivity index (χ3v) is 3.51. The molecule has 2 aromatic rings. The number of aromatic nitrogens is 1. The fraction of sp³-hybridized carbons (Fsp3) is 0.389. The summed E-state index contributed by atoms with van der Waals surface area (Å²) in [7, 11) is 0. The summed E-state index contributed by atoms with van der Waals surface area (Å²) in [6.07, 6.45) is 3.39. The second kappa shape index (κ2) is 7.79. The topological polar surface area (TPSA) is 36.4 Å². The van der Waals surface area contributed by atoms with Crippen LogP contribution in [0.2, 0.25) is 0 Å². The lowest BCUT2D eigenvalue weighted by Crippen LogP contribution is -2.25. The molecule has 1 unspecified atom stereocenters. The molecule has 0 aliphatic carbocycles. The minimum atomic E-state index is -0.612. The van der Waals surface area contributed by atoms with Gasteiger partial charge in [0.05, 0.1) is 0 Å². The second-order valence-electron chi connectivity index (χ2n) is 5.25. The maximum atomic E-state index is 10.4. The van der Waals surface area contributed by atoms with Crippen molar-refractivity contribution >= 4 is 5.82 Å². The zero-order valence-electron chi connectivity index (χ0n) is 12.9. The quantitative estimate of drug-likeness (QED) is 0.840. The van der Waals surface area contributed by atoms with Gasteiger partial charge in [-0.2, -0.15) is 0 Å². The molecule has 1 N–H and O–H groups in total. The highest BCUT2D eigenvalue weighted by Gasteiger charge is 2.12. The average molecular weight is 284 g/mol. The fourth-order valence-corrected chi connectivity index (χ4v) is 2.45. The van der Waals surface area contributed by atoms with Gasteiger partial charge in [-0.05, 0) is 24.5 Å². The molecule has 1 atom stereocenters. The maximum Gasteiger partial charge on any atom is 0.128 e. The van der Waals surface area contributed by atoms with Crippen LogP contribution in [-0.4, -0.2) is 23.2 Å². The highest BCUT2D eigenvalue weighted by Crippen LogP contribution is 2.22. The van der Waals surface area contributed by atoms with Gasteiger partial charge in [0.15, 0.2) is 0 Å². The Balaban J connectivity index is 2.14. The first-order valence-corrected chi connectivity index (χ1v) is 7.70. The predicted octanol–water partition coefficient (Wildman–Crippen LogP) is 3.79. The van der Waals surface area contributed by atoms with Crippen molar-refractivity contribution in [1.82, 2.24) is 4.98 Å². The molecule has 0 saturated heterocycles. The molecule has 0 aliphatic heterocycles. The van der Waals surface area contributed by atoms with Crippen LogP contribution in [0, 0.1) is 0 Å². The maximum absolute atomic E-state index is 10.4. The zero-order chi connectivity index (χ0) is 15.1. The van der Waals surface area contributed by atoms with Crippen LogP contribution in [0.5, 0.6) is 0 Å². The molecule has 1 aromatic heterocycles. The van der Waals surface area contributed by atoms with Crippen LogP contribution in [0.1, 0.15) is 43.9 Å². The molecule has 0 bridgehead atoms. The molecule has 0 aliphatic rings. The third kappa shape index (κ3) is 4.05. The number of aliphatic hydroxyl groups is 1. The normalized spacial score (nSPS) is 12.1. The lowest BCUT2D eigenvalue weighted by Gasteiger charge is -2.23. The van der Waals surface area contributed by atoms with E-state index >= 15 is 0 Å². The number of rotatable bonds is 7. The highest BCUT2D eigenvalue weighted by molar-refractivity contribution is 5.41. The molecular formula is C18H24N2O. The monoisotopic (exact) mass is 284 g/mol. The Hall–Kier alpha value is -1.87. The van der Waals surface area contributed by atoms with Crippen molar-refractivity contribution in [2.24, 2.45) is 0 Å². The van der Waals surface area contributed by atoms with Crippen LogP contribution in [0.15, 0.2) is 48.7 Å². The Morgan fingerprint density at radius 3 is 2.14 bits per heavy atom. The van der Waals surface area contributed by atoms with E-state index in [9.17, 15) is 5.11 Å². The molecular weight excluding hydrogens is 260 g/mol. The molecule has 21 heavy (non-hydrogen) atoms. The zero-order valence-corrected chi connectivity index (χ0v) is 12.9. The van der Waals surface area contributed by atoms with Gasteiger partial charge >= 0.3 is 0 Å². The van der Waals surface area contributed by atoms with Gasteiger partial charge in [0.1, 0.15) is 11.9 Å². The van der Waals surface area contributed by atoms with E-state index in [-0.39, 0.29) is 0 Å². The van der Waals surface area contributed by atoms with E-state index in [2.05, 4.69) is 23.7 Å². The molecule has 1 heterocycles. The first kappa shape index (κ1) is 15.5. The largest absolute Gasteiger partial charge is 0.384 e. The molecule has 0 saturated carbocycles. The van der Waals surface area contributed by atoms with Crippen molar-refractivity contribution in [3.8, 4) is 0 Å². The first-order chi connectivity index (χ1) is 10.3. The number of nitrogens with zero attached hydrogens (tertiary/aromatic N) is 2. The summed E-state index contributed by atoms with van der Waals surface area (Å²) in [5.41, 5.74) is 1.73. The van der Waals surface area contributed by atoms with Gasteiger partial charge in [0.25, 0.3) is 0 Å². The second-order valence-corrected chi connectivity index (χ2v) is 5.25. The summed E-state index contributed by atoms with van der Waals surface area (Å²) in [4.78, 5) is 6.82. The van der Waals surface area contributed by atoms with Gasteiger partial charge in [0, 0.05) is 24.8 Å². The lowest BCUT2D eigenvalue weighted by atomic mass is 10.0. The van der Waals surface area contributed by atoms with Crippen molar-refractivity contribution in [3.05, 3.63) is 59.8 Å². The fourth-order valence-electron chi connectivity index (χ4n) is 2.45. The Kier molecular flexibility index (Phi) is 5.76. The average Bonchev–Trinajstić information content (AvgIpc) is 2.55. The summed E-state index contributed by atoms with van der Waals surface area (Å²) in [6.45, 7) is 6.38. The Bertz CT molecular complexity index is 519. The van der Waals surface area contributed by atoms with Crippen LogP contribution >= 0.6 is 0 Å². The number of anilines is 1. The molecule has 3 nitrogen and oxygen atoms in total. The van der Waals surface area contributed by atoms with Crippen LogP contribution in [0.3, 0.4) is 0 Å². The standard InChI is InChI=1S/C18H24N2O/c1-3-12-20(13-4-2)17-11-10-16(14-19-17)18(21)15-8-6-5-7-9-15/h5-11,14,18,21H,3-4,12-13H2,1-2H3. The first-order valence-electron chi connectivity index (χ1n) is 7.70. The van der Waals surface area contributed by atoms with Crippen LogP contribution in [0.25, 0.3) is 0 Å². The van der Waals surface area contributed by atoms with E-state index in [1.807, 2.05) is 42.5 Å². The smallest absolute Gasteiger partial charge is 0.128 e. The summed E-state index contributed by atoms with van der Waals surface area (Å²) >= 11 is 0. The Labute approximate surface area is 127 Å². The van der Waals surface area contributed by atoms with Crippen LogP contribution in [-0.2, 0) is 0 Å². The lowest BCUT2D eigenvalue weighted by molar-refractivity contribution is 0.220. The molecule has 0 spiro atoms. The number of aliphatic hydroxyl groups excluding tert-OH is 1. The predicted molar refractivity (Wildman–Crippen MR) is 87.5 cm³/mol. The van der Waals surface area contributed by atoms with E-state index in [1.54, 1.807) is 6.20 Å². The summed E-state index contributed by atoms with van der Waals surface area (Å²) in [6, 6.07) is 13.7. The van der Waals surface area contributed by atoms with Crippen molar-refractivity contribution < 1.29 is 5.11 Å². The molecule has 2 rings (SSSR count). The minimum absolute atomic E-state index is 0.612. The van der Waals surface area contributed by atoms with Gasteiger partial charge in [-0.25, -0.2) is 4.98 Å². The van der Waals surface area contributed by atoms with Crippen LogP contribution < -0.4 is 4.90 Å². The van der Waals surface area contributed by atoms with Crippen LogP contribution in [0.4, 0.5) is 5.82 Å². The van der Waals surface area contributed by atoms with Crippen molar-refractivity contribution in [3.63, 3.8) is 0 Å². The number of pyridine rings is 1. The van der Waals surface area contributed by atoms with E-state index in [4.69, 9.17) is 0 Å². The third-order valence-electron chi connectivity index (χ3n) is 3.51. The van der Waals surface area contributed by atoms with Gasteiger partial charge in [-0.3, -0.25) is 0 Å². The summed E-state index contributed by atoms with van der Waals surface area (Å²) < 4.78 is 0.